The Morgan fingerprint density at radius 2 is 1.83 bits per heavy atom. The lowest BCUT2D eigenvalue weighted by atomic mass is 10.2. The molecule has 2 aromatic rings. The van der Waals surface area contributed by atoms with Crippen molar-refractivity contribution in [2.24, 2.45) is 0 Å². The minimum Gasteiger partial charge on any atom is -0.421 e. The molecular weight excluding hydrogens is 228 g/mol. The van der Waals surface area contributed by atoms with Gasteiger partial charge in [-0.25, -0.2) is 0 Å². The zero-order chi connectivity index (χ0) is 12.4. The van der Waals surface area contributed by atoms with Crippen LogP contribution in [0.3, 0.4) is 0 Å². The first-order chi connectivity index (χ1) is 8.83. The first-order valence-electron chi connectivity index (χ1n) is 6.19. The number of hydrogen-bond donors (Lipinski definition) is 1. The second kappa shape index (κ2) is 4.78. The summed E-state index contributed by atoms with van der Waals surface area (Å²) in [5, 5.41) is 11.2. The number of aryl methyl sites for hydroxylation is 1. The first kappa shape index (κ1) is 11.2. The highest BCUT2D eigenvalue weighted by molar-refractivity contribution is 5.59. The molecule has 1 N–H and O–H groups in total. The number of hydrogen-bond acceptors (Lipinski definition) is 5. The zero-order valence-corrected chi connectivity index (χ0v) is 10.4. The topological polar surface area (TPSA) is 54.2 Å². The Kier molecular flexibility index (Phi) is 2.98. The molecule has 1 aliphatic heterocycles. The van der Waals surface area contributed by atoms with E-state index in [0.29, 0.717) is 11.8 Å². The maximum absolute atomic E-state index is 5.41. The predicted octanol–water partition coefficient (Wildman–Crippen LogP) is 1.45. The molecule has 1 aromatic heterocycles. The lowest BCUT2D eigenvalue weighted by molar-refractivity contribution is 0.533. The SMILES string of the molecule is Cc1nnc(-c2ccc(N3CCNCC3)cc2)o1. The van der Waals surface area contributed by atoms with E-state index >= 15 is 0 Å². The Balaban J connectivity index is 1.80. The van der Waals surface area contributed by atoms with Crippen LogP contribution in [0.25, 0.3) is 11.5 Å². The Hall–Kier alpha value is -1.88. The van der Waals surface area contributed by atoms with E-state index in [4.69, 9.17) is 4.42 Å². The van der Waals surface area contributed by atoms with Gasteiger partial charge in [0.2, 0.25) is 11.8 Å². The van der Waals surface area contributed by atoms with Gasteiger partial charge in [0.1, 0.15) is 0 Å². The van der Waals surface area contributed by atoms with Gasteiger partial charge in [-0.05, 0) is 24.3 Å². The maximum Gasteiger partial charge on any atom is 0.247 e. The van der Waals surface area contributed by atoms with Gasteiger partial charge in [0.05, 0.1) is 0 Å². The van der Waals surface area contributed by atoms with E-state index in [0.717, 1.165) is 31.7 Å². The molecule has 5 nitrogen and oxygen atoms in total. The summed E-state index contributed by atoms with van der Waals surface area (Å²) in [6, 6.07) is 8.29. The Labute approximate surface area is 106 Å². The lowest BCUT2D eigenvalue weighted by Crippen LogP contribution is -2.43. The third kappa shape index (κ3) is 2.22. The van der Waals surface area contributed by atoms with E-state index in [9.17, 15) is 0 Å². The molecule has 0 saturated carbocycles. The fourth-order valence-corrected chi connectivity index (χ4v) is 2.15. The number of rotatable bonds is 2. The summed E-state index contributed by atoms with van der Waals surface area (Å²) in [6.45, 7) is 6.00. The van der Waals surface area contributed by atoms with Crippen LogP contribution in [-0.2, 0) is 0 Å². The van der Waals surface area contributed by atoms with Crippen LogP contribution in [0.4, 0.5) is 5.69 Å². The molecule has 3 rings (SSSR count). The second-order valence-electron chi connectivity index (χ2n) is 4.41. The molecule has 1 aliphatic rings. The Morgan fingerprint density at radius 1 is 1.11 bits per heavy atom. The van der Waals surface area contributed by atoms with Gasteiger partial charge in [0.15, 0.2) is 0 Å². The Morgan fingerprint density at radius 3 is 2.44 bits per heavy atom. The van der Waals surface area contributed by atoms with Crippen LogP contribution in [0.15, 0.2) is 28.7 Å². The lowest BCUT2D eigenvalue weighted by Gasteiger charge is -2.29. The smallest absolute Gasteiger partial charge is 0.247 e. The minimum atomic E-state index is 0.583. The Bertz CT molecular complexity index is 514. The van der Waals surface area contributed by atoms with E-state index in [1.165, 1.54) is 5.69 Å². The van der Waals surface area contributed by atoms with E-state index in [-0.39, 0.29) is 0 Å². The van der Waals surface area contributed by atoms with Crippen molar-refractivity contribution in [2.75, 3.05) is 31.1 Å². The fourth-order valence-electron chi connectivity index (χ4n) is 2.15. The van der Waals surface area contributed by atoms with Gasteiger partial charge in [0, 0.05) is 44.4 Å². The second-order valence-corrected chi connectivity index (χ2v) is 4.41. The highest BCUT2D eigenvalue weighted by atomic mass is 16.4. The number of nitrogens with zero attached hydrogens (tertiary/aromatic N) is 3. The average molecular weight is 244 g/mol. The molecule has 0 aliphatic carbocycles. The van der Waals surface area contributed by atoms with Crippen LogP contribution in [0, 0.1) is 6.92 Å². The number of nitrogens with one attached hydrogen (secondary N) is 1. The van der Waals surface area contributed by atoms with Crippen LogP contribution < -0.4 is 10.2 Å². The summed E-state index contributed by atoms with van der Waals surface area (Å²) in [5.74, 6) is 1.18. The van der Waals surface area contributed by atoms with Gasteiger partial charge < -0.3 is 14.6 Å². The molecular formula is C13H16N4O. The number of anilines is 1. The summed E-state index contributed by atoms with van der Waals surface area (Å²) in [7, 11) is 0. The van der Waals surface area contributed by atoms with Gasteiger partial charge in [-0.2, -0.15) is 0 Å². The van der Waals surface area contributed by atoms with Crippen LogP contribution in [-0.4, -0.2) is 36.4 Å². The quantitative estimate of drug-likeness (QED) is 0.866. The zero-order valence-electron chi connectivity index (χ0n) is 10.4. The number of aromatic nitrogens is 2. The van der Waals surface area contributed by atoms with Crippen molar-refractivity contribution in [3.63, 3.8) is 0 Å². The molecule has 0 unspecified atom stereocenters. The van der Waals surface area contributed by atoms with Gasteiger partial charge in [0.25, 0.3) is 0 Å². The predicted molar refractivity (Wildman–Crippen MR) is 69.6 cm³/mol. The number of piperazine rings is 1. The molecule has 5 heteroatoms. The molecule has 2 heterocycles. The third-order valence-electron chi connectivity index (χ3n) is 3.12. The van der Waals surface area contributed by atoms with E-state index in [1.807, 2.05) is 12.1 Å². The molecule has 94 valence electrons. The molecule has 0 bridgehead atoms. The summed E-state index contributed by atoms with van der Waals surface area (Å²) >= 11 is 0. The van der Waals surface area contributed by atoms with Crippen molar-refractivity contribution in [1.82, 2.24) is 15.5 Å². The van der Waals surface area contributed by atoms with Crippen molar-refractivity contribution >= 4 is 5.69 Å². The highest BCUT2D eigenvalue weighted by Gasteiger charge is 2.11. The minimum absolute atomic E-state index is 0.583. The molecule has 0 radical (unpaired) electrons. The van der Waals surface area contributed by atoms with Gasteiger partial charge in [-0.3, -0.25) is 0 Å². The fraction of sp³-hybridized carbons (Fsp3) is 0.385. The van der Waals surface area contributed by atoms with Crippen LogP contribution in [0.1, 0.15) is 5.89 Å². The molecule has 1 saturated heterocycles. The molecule has 0 atom stereocenters. The maximum atomic E-state index is 5.41. The van der Waals surface area contributed by atoms with Crippen molar-refractivity contribution < 1.29 is 4.42 Å². The van der Waals surface area contributed by atoms with Crippen molar-refractivity contribution in [2.45, 2.75) is 6.92 Å². The summed E-state index contributed by atoms with van der Waals surface area (Å²) in [5.41, 5.74) is 2.21. The van der Waals surface area contributed by atoms with Gasteiger partial charge >= 0.3 is 0 Å². The van der Waals surface area contributed by atoms with Crippen molar-refractivity contribution in [3.05, 3.63) is 30.2 Å². The van der Waals surface area contributed by atoms with Crippen LogP contribution in [0.5, 0.6) is 0 Å². The van der Waals surface area contributed by atoms with Gasteiger partial charge in [-0.1, -0.05) is 0 Å². The first-order valence-corrected chi connectivity index (χ1v) is 6.19. The third-order valence-corrected chi connectivity index (χ3v) is 3.12. The molecule has 0 amide bonds. The van der Waals surface area contributed by atoms with E-state index < -0.39 is 0 Å². The normalized spacial score (nSPS) is 15.9. The van der Waals surface area contributed by atoms with Gasteiger partial charge in [-0.15, -0.1) is 10.2 Å². The van der Waals surface area contributed by atoms with Crippen molar-refractivity contribution in [1.29, 1.82) is 0 Å². The van der Waals surface area contributed by atoms with Crippen LogP contribution in [0.2, 0.25) is 0 Å². The number of benzene rings is 1. The van der Waals surface area contributed by atoms with Crippen molar-refractivity contribution in [3.8, 4) is 11.5 Å². The van der Waals surface area contributed by atoms with E-state index in [2.05, 4.69) is 32.5 Å². The summed E-state index contributed by atoms with van der Waals surface area (Å²) in [6.07, 6.45) is 0. The molecule has 1 aromatic carbocycles. The molecule has 0 spiro atoms. The standard InChI is InChI=1S/C13H16N4O/c1-10-15-16-13(18-10)11-2-4-12(5-3-11)17-8-6-14-7-9-17/h2-5,14H,6-9H2,1H3. The summed E-state index contributed by atoms with van der Waals surface area (Å²) in [4.78, 5) is 2.37. The largest absolute Gasteiger partial charge is 0.421 e. The average Bonchev–Trinajstić information content (AvgIpc) is 2.87. The molecule has 1 fully saturated rings. The highest BCUT2D eigenvalue weighted by Crippen LogP contribution is 2.22. The van der Waals surface area contributed by atoms with E-state index in [1.54, 1.807) is 6.92 Å². The van der Waals surface area contributed by atoms with Crippen LogP contribution >= 0.6 is 0 Å². The monoisotopic (exact) mass is 244 g/mol. The molecule has 18 heavy (non-hydrogen) atoms. The summed E-state index contributed by atoms with van der Waals surface area (Å²) < 4.78 is 5.41.